The standard InChI is InChI=1S/C20H22FN3O3/c1-26-18-9-4-15(12-19(18)27-11-3-2-10-22)13-23-14-20(25)24-17-7-5-16(21)6-8-17/h4-9,12,23H,2-3,11,13-14H2,1H3,(H,24,25). The molecule has 0 aromatic heterocycles. The predicted molar refractivity (Wildman–Crippen MR) is 100 cm³/mol. The summed E-state index contributed by atoms with van der Waals surface area (Å²) in [6.45, 7) is 1.01. The number of hydrogen-bond donors (Lipinski definition) is 2. The van der Waals surface area contributed by atoms with Gasteiger partial charge in [-0.2, -0.15) is 5.26 Å². The molecule has 0 spiro atoms. The van der Waals surface area contributed by atoms with E-state index in [4.69, 9.17) is 14.7 Å². The Morgan fingerprint density at radius 2 is 1.96 bits per heavy atom. The summed E-state index contributed by atoms with van der Waals surface area (Å²) in [6.07, 6.45) is 1.08. The van der Waals surface area contributed by atoms with Crippen LogP contribution in [-0.2, 0) is 11.3 Å². The summed E-state index contributed by atoms with van der Waals surface area (Å²) >= 11 is 0. The Balaban J connectivity index is 1.83. The van der Waals surface area contributed by atoms with Crippen LogP contribution in [-0.4, -0.2) is 26.2 Å². The highest BCUT2D eigenvalue weighted by atomic mass is 19.1. The number of nitriles is 1. The molecule has 2 rings (SSSR count). The van der Waals surface area contributed by atoms with Crippen LogP contribution >= 0.6 is 0 Å². The van der Waals surface area contributed by atoms with E-state index in [1.54, 1.807) is 13.2 Å². The summed E-state index contributed by atoms with van der Waals surface area (Å²) in [6, 6.07) is 13.2. The maximum Gasteiger partial charge on any atom is 0.238 e. The summed E-state index contributed by atoms with van der Waals surface area (Å²) in [4.78, 5) is 11.9. The molecule has 0 radical (unpaired) electrons. The van der Waals surface area contributed by atoms with Crippen molar-refractivity contribution in [3.8, 4) is 17.6 Å². The van der Waals surface area contributed by atoms with Crippen LogP contribution < -0.4 is 20.1 Å². The molecule has 0 bridgehead atoms. The van der Waals surface area contributed by atoms with Crippen molar-refractivity contribution >= 4 is 11.6 Å². The van der Waals surface area contributed by atoms with Crippen LogP contribution in [0.4, 0.5) is 10.1 Å². The predicted octanol–water partition coefficient (Wildman–Crippen LogP) is 3.25. The van der Waals surface area contributed by atoms with Gasteiger partial charge in [-0.15, -0.1) is 0 Å². The highest BCUT2D eigenvalue weighted by Gasteiger charge is 2.07. The van der Waals surface area contributed by atoms with Crippen LogP contribution in [0.3, 0.4) is 0 Å². The fourth-order valence-corrected chi connectivity index (χ4v) is 2.34. The molecule has 142 valence electrons. The number of carbonyl (C=O) groups is 1. The maximum atomic E-state index is 12.9. The fourth-order valence-electron chi connectivity index (χ4n) is 2.34. The highest BCUT2D eigenvalue weighted by molar-refractivity contribution is 5.92. The smallest absolute Gasteiger partial charge is 0.238 e. The van der Waals surface area contributed by atoms with E-state index < -0.39 is 0 Å². The van der Waals surface area contributed by atoms with E-state index in [1.165, 1.54) is 24.3 Å². The van der Waals surface area contributed by atoms with Gasteiger partial charge in [-0.1, -0.05) is 6.07 Å². The highest BCUT2D eigenvalue weighted by Crippen LogP contribution is 2.28. The molecule has 0 heterocycles. The van der Waals surface area contributed by atoms with E-state index in [9.17, 15) is 9.18 Å². The number of benzene rings is 2. The maximum absolute atomic E-state index is 12.9. The van der Waals surface area contributed by atoms with Gasteiger partial charge in [0.1, 0.15) is 5.82 Å². The van der Waals surface area contributed by atoms with Gasteiger partial charge in [-0.3, -0.25) is 4.79 Å². The van der Waals surface area contributed by atoms with Crippen molar-refractivity contribution in [1.29, 1.82) is 5.26 Å². The fraction of sp³-hybridized carbons (Fsp3) is 0.300. The summed E-state index contributed by atoms with van der Waals surface area (Å²) < 4.78 is 23.8. The zero-order valence-electron chi connectivity index (χ0n) is 15.1. The monoisotopic (exact) mass is 371 g/mol. The molecule has 2 aromatic carbocycles. The third-order valence-corrected chi connectivity index (χ3v) is 3.66. The molecule has 0 aliphatic rings. The van der Waals surface area contributed by atoms with Crippen molar-refractivity contribution in [2.24, 2.45) is 0 Å². The zero-order chi connectivity index (χ0) is 19.5. The lowest BCUT2D eigenvalue weighted by molar-refractivity contribution is -0.115. The Morgan fingerprint density at radius 3 is 2.67 bits per heavy atom. The van der Waals surface area contributed by atoms with E-state index in [-0.39, 0.29) is 18.3 Å². The lowest BCUT2D eigenvalue weighted by Crippen LogP contribution is -2.27. The van der Waals surface area contributed by atoms with Crippen molar-refractivity contribution < 1.29 is 18.7 Å². The van der Waals surface area contributed by atoms with Crippen molar-refractivity contribution in [3.63, 3.8) is 0 Å². The number of ether oxygens (including phenoxy) is 2. The second kappa shape index (κ2) is 10.8. The third kappa shape index (κ3) is 6.96. The first kappa shape index (κ1) is 20.2. The van der Waals surface area contributed by atoms with Gasteiger partial charge in [-0.05, 0) is 48.4 Å². The molecule has 0 atom stereocenters. The summed E-state index contributed by atoms with van der Waals surface area (Å²) in [7, 11) is 1.56. The Labute approximate surface area is 157 Å². The van der Waals surface area contributed by atoms with Gasteiger partial charge in [0, 0.05) is 18.7 Å². The minimum absolute atomic E-state index is 0.113. The van der Waals surface area contributed by atoms with Gasteiger partial charge in [-0.25, -0.2) is 4.39 Å². The summed E-state index contributed by atoms with van der Waals surface area (Å²) in [5, 5.41) is 14.3. The number of rotatable bonds is 10. The van der Waals surface area contributed by atoms with Gasteiger partial charge in [0.2, 0.25) is 5.91 Å². The minimum Gasteiger partial charge on any atom is -0.493 e. The van der Waals surface area contributed by atoms with Gasteiger partial charge in [0.15, 0.2) is 11.5 Å². The van der Waals surface area contributed by atoms with Crippen LogP contribution in [0.15, 0.2) is 42.5 Å². The normalized spacial score (nSPS) is 10.1. The zero-order valence-corrected chi connectivity index (χ0v) is 15.1. The van der Waals surface area contributed by atoms with Crippen molar-refractivity contribution in [3.05, 3.63) is 53.8 Å². The summed E-state index contributed by atoms with van der Waals surface area (Å²) in [5.74, 6) is 0.648. The largest absolute Gasteiger partial charge is 0.493 e. The molecule has 0 saturated carbocycles. The first-order valence-electron chi connectivity index (χ1n) is 8.55. The number of nitrogens with one attached hydrogen (secondary N) is 2. The second-order valence-corrected chi connectivity index (χ2v) is 5.75. The topological polar surface area (TPSA) is 83.4 Å². The number of carbonyl (C=O) groups excluding carboxylic acids is 1. The average molecular weight is 371 g/mol. The van der Waals surface area contributed by atoms with E-state index in [2.05, 4.69) is 16.7 Å². The Kier molecular flexibility index (Phi) is 8.07. The van der Waals surface area contributed by atoms with E-state index >= 15 is 0 Å². The van der Waals surface area contributed by atoms with Crippen LogP contribution in [0.1, 0.15) is 18.4 Å². The number of unbranched alkanes of at least 4 members (excludes halogenated alkanes) is 1. The van der Waals surface area contributed by atoms with Gasteiger partial charge < -0.3 is 20.1 Å². The van der Waals surface area contributed by atoms with Crippen LogP contribution in [0, 0.1) is 17.1 Å². The number of methoxy groups -OCH3 is 1. The van der Waals surface area contributed by atoms with E-state index in [0.29, 0.717) is 43.2 Å². The molecule has 6 nitrogen and oxygen atoms in total. The number of halogens is 1. The minimum atomic E-state index is -0.351. The molecule has 27 heavy (non-hydrogen) atoms. The van der Waals surface area contributed by atoms with Gasteiger partial charge in [0.05, 0.1) is 26.3 Å². The van der Waals surface area contributed by atoms with E-state index in [1.807, 2.05) is 12.1 Å². The molecule has 0 fully saturated rings. The molecule has 0 unspecified atom stereocenters. The SMILES string of the molecule is COc1ccc(CNCC(=O)Nc2ccc(F)cc2)cc1OCCCC#N. The first-order chi connectivity index (χ1) is 13.1. The van der Waals surface area contributed by atoms with Gasteiger partial charge in [0.25, 0.3) is 0 Å². The average Bonchev–Trinajstić information content (AvgIpc) is 2.67. The first-order valence-corrected chi connectivity index (χ1v) is 8.55. The van der Waals surface area contributed by atoms with Crippen molar-refractivity contribution in [1.82, 2.24) is 5.32 Å². The van der Waals surface area contributed by atoms with Gasteiger partial charge >= 0.3 is 0 Å². The number of nitrogens with zero attached hydrogens (tertiary/aromatic N) is 1. The summed E-state index contributed by atoms with van der Waals surface area (Å²) in [5.41, 5.74) is 1.47. The number of hydrogen-bond acceptors (Lipinski definition) is 5. The molecule has 0 aliphatic heterocycles. The Hall–Kier alpha value is -3.11. The van der Waals surface area contributed by atoms with E-state index in [0.717, 1.165) is 5.56 Å². The molecule has 0 aliphatic carbocycles. The van der Waals surface area contributed by atoms with Crippen LogP contribution in [0.25, 0.3) is 0 Å². The molecule has 1 amide bonds. The molecule has 2 aromatic rings. The van der Waals surface area contributed by atoms with Crippen molar-refractivity contribution in [2.45, 2.75) is 19.4 Å². The lowest BCUT2D eigenvalue weighted by atomic mass is 10.2. The van der Waals surface area contributed by atoms with Crippen LogP contribution in [0.2, 0.25) is 0 Å². The quantitative estimate of drug-likeness (QED) is 0.627. The molecular formula is C20H22FN3O3. The second-order valence-electron chi connectivity index (χ2n) is 5.75. The van der Waals surface area contributed by atoms with Crippen LogP contribution in [0.5, 0.6) is 11.5 Å². The molecule has 0 saturated heterocycles. The molecular weight excluding hydrogens is 349 g/mol. The Morgan fingerprint density at radius 1 is 1.19 bits per heavy atom. The molecule has 7 heteroatoms. The Bertz CT molecular complexity index is 788. The molecule has 2 N–H and O–H groups in total. The third-order valence-electron chi connectivity index (χ3n) is 3.66. The number of amides is 1. The van der Waals surface area contributed by atoms with Crippen molar-refractivity contribution in [2.75, 3.05) is 25.6 Å². The number of anilines is 1. The lowest BCUT2D eigenvalue weighted by Gasteiger charge is -2.12.